The molecule has 2 N–H and O–H groups in total. The number of hydrogen-bond acceptors (Lipinski definition) is 3. The van der Waals surface area contributed by atoms with Gasteiger partial charge in [-0.05, 0) is 50.1 Å². The van der Waals surface area contributed by atoms with E-state index in [4.69, 9.17) is 10.5 Å². The Bertz CT molecular complexity index is 457. The molecule has 1 aliphatic heterocycles. The average Bonchev–Trinajstić information content (AvgIpc) is 2.42. The fourth-order valence-electron chi connectivity index (χ4n) is 2.32. The fourth-order valence-corrected chi connectivity index (χ4v) is 2.32. The Hall–Kier alpha value is -1.39. The number of carbonyl (C=O) groups is 1. The molecule has 4 nitrogen and oxygen atoms in total. The molecular formula is C15H22N2O2. The molecule has 1 atom stereocenters. The van der Waals surface area contributed by atoms with Gasteiger partial charge in [-0.3, -0.25) is 4.79 Å². The van der Waals surface area contributed by atoms with Crippen LogP contribution >= 0.6 is 0 Å². The standard InChI is InChI=1S/C15H22N2O2/c1-11-3-4-13(9-12(11)2)15(18)17-7-8-19-14(10-17)5-6-16/h3-4,9,14H,5-8,10,16H2,1-2H3. The first kappa shape index (κ1) is 14.0. The Kier molecular flexibility index (Phi) is 4.56. The summed E-state index contributed by atoms with van der Waals surface area (Å²) in [6.45, 7) is 6.58. The van der Waals surface area contributed by atoms with Crippen LogP contribution in [-0.2, 0) is 4.74 Å². The summed E-state index contributed by atoms with van der Waals surface area (Å²) < 4.78 is 5.60. The summed E-state index contributed by atoms with van der Waals surface area (Å²) in [4.78, 5) is 14.3. The van der Waals surface area contributed by atoms with Crippen LogP contribution in [0.25, 0.3) is 0 Å². The van der Waals surface area contributed by atoms with E-state index in [2.05, 4.69) is 6.92 Å². The van der Waals surface area contributed by atoms with E-state index in [0.29, 0.717) is 26.2 Å². The van der Waals surface area contributed by atoms with E-state index < -0.39 is 0 Å². The predicted octanol–water partition coefficient (Wildman–Crippen LogP) is 1.49. The predicted molar refractivity (Wildman–Crippen MR) is 75.2 cm³/mol. The van der Waals surface area contributed by atoms with Gasteiger partial charge >= 0.3 is 0 Å². The van der Waals surface area contributed by atoms with Crippen LogP contribution in [0.3, 0.4) is 0 Å². The maximum atomic E-state index is 12.5. The SMILES string of the molecule is Cc1ccc(C(=O)N2CCOC(CCN)C2)cc1C. The molecule has 104 valence electrons. The molecule has 0 aliphatic carbocycles. The van der Waals surface area contributed by atoms with Crippen molar-refractivity contribution in [3.8, 4) is 0 Å². The van der Waals surface area contributed by atoms with Crippen molar-refractivity contribution in [3.05, 3.63) is 34.9 Å². The van der Waals surface area contributed by atoms with Gasteiger partial charge in [0.1, 0.15) is 0 Å². The van der Waals surface area contributed by atoms with E-state index in [1.807, 2.05) is 30.0 Å². The lowest BCUT2D eigenvalue weighted by Gasteiger charge is -2.33. The minimum Gasteiger partial charge on any atom is -0.374 e. The molecule has 1 unspecified atom stereocenters. The van der Waals surface area contributed by atoms with Crippen LogP contribution in [0.2, 0.25) is 0 Å². The number of nitrogens with two attached hydrogens (primary N) is 1. The van der Waals surface area contributed by atoms with Crippen LogP contribution in [0.1, 0.15) is 27.9 Å². The van der Waals surface area contributed by atoms with Crippen molar-refractivity contribution in [2.45, 2.75) is 26.4 Å². The molecule has 0 aromatic heterocycles. The van der Waals surface area contributed by atoms with Gasteiger partial charge in [0.2, 0.25) is 0 Å². The second-order valence-electron chi connectivity index (χ2n) is 5.12. The van der Waals surface area contributed by atoms with E-state index in [1.54, 1.807) is 0 Å². The van der Waals surface area contributed by atoms with Crippen LogP contribution in [0.15, 0.2) is 18.2 Å². The van der Waals surface area contributed by atoms with Gasteiger partial charge in [0.15, 0.2) is 0 Å². The molecule has 1 aliphatic rings. The number of aryl methyl sites for hydroxylation is 2. The van der Waals surface area contributed by atoms with Crippen molar-refractivity contribution >= 4 is 5.91 Å². The summed E-state index contributed by atoms with van der Waals surface area (Å²) in [5.74, 6) is 0.0911. The highest BCUT2D eigenvalue weighted by molar-refractivity contribution is 5.94. The number of amides is 1. The van der Waals surface area contributed by atoms with E-state index in [-0.39, 0.29) is 12.0 Å². The van der Waals surface area contributed by atoms with Crippen molar-refractivity contribution in [1.82, 2.24) is 4.90 Å². The first-order valence-electron chi connectivity index (χ1n) is 6.80. The molecular weight excluding hydrogens is 240 g/mol. The van der Waals surface area contributed by atoms with Crippen molar-refractivity contribution in [1.29, 1.82) is 0 Å². The summed E-state index contributed by atoms with van der Waals surface area (Å²) in [7, 11) is 0. The average molecular weight is 262 g/mol. The Morgan fingerprint density at radius 2 is 2.21 bits per heavy atom. The molecule has 0 bridgehead atoms. The van der Waals surface area contributed by atoms with E-state index in [9.17, 15) is 4.79 Å². The molecule has 1 aromatic carbocycles. The number of nitrogens with zero attached hydrogens (tertiary/aromatic N) is 1. The fraction of sp³-hybridized carbons (Fsp3) is 0.533. The quantitative estimate of drug-likeness (QED) is 0.898. The maximum Gasteiger partial charge on any atom is 0.254 e. The van der Waals surface area contributed by atoms with Gasteiger partial charge in [-0.15, -0.1) is 0 Å². The highest BCUT2D eigenvalue weighted by Crippen LogP contribution is 2.15. The first-order chi connectivity index (χ1) is 9.11. The van der Waals surface area contributed by atoms with Crippen LogP contribution in [0.5, 0.6) is 0 Å². The molecule has 2 rings (SSSR count). The Morgan fingerprint density at radius 1 is 1.42 bits per heavy atom. The number of ether oxygens (including phenoxy) is 1. The zero-order chi connectivity index (χ0) is 13.8. The number of rotatable bonds is 3. The van der Waals surface area contributed by atoms with Gasteiger partial charge in [-0.2, -0.15) is 0 Å². The van der Waals surface area contributed by atoms with Crippen molar-refractivity contribution in [2.75, 3.05) is 26.2 Å². The molecule has 0 saturated carbocycles. The van der Waals surface area contributed by atoms with Crippen molar-refractivity contribution < 1.29 is 9.53 Å². The number of carbonyl (C=O) groups excluding carboxylic acids is 1. The second-order valence-corrected chi connectivity index (χ2v) is 5.12. The zero-order valence-corrected chi connectivity index (χ0v) is 11.7. The maximum absolute atomic E-state index is 12.5. The zero-order valence-electron chi connectivity index (χ0n) is 11.7. The molecule has 1 saturated heterocycles. The molecule has 0 radical (unpaired) electrons. The molecule has 1 fully saturated rings. The van der Waals surface area contributed by atoms with E-state index in [0.717, 1.165) is 17.5 Å². The summed E-state index contributed by atoms with van der Waals surface area (Å²) in [5.41, 5.74) is 8.66. The van der Waals surface area contributed by atoms with Crippen LogP contribution < -0.4 is 5.73 Å². The lowest BCUT2D eigenvalue weighted by Crippen LogP contribution is -2.46. The topological polar surface area (TPSA) is 55.6 Å². The van der Waals surface area contributed by atoms with Gasteiger partial charge in [-0.25, -0.2) is 0 Å². The van der Waals surface area contributed by atoms with Gasteiger partial charge in [0.25, 0.3) is 5.91 Å². The number of morpholine rings is 1. The van der Waals surface area contributed by atoms with Gasteiger partial charge in [0, 0.05) is 18.7 Å². The smallest absolute Gasteiger partial charge is 0.254 e. The normalized spacial score (nSPS) is 19.5. The molecule has 1 amide bonds. The first-order valence-corrected chi connectivity index (χ1v) is 6.80. The Balaban J connectivity index is 2.08. The van der Waals surface area contributed by atoms with Crippen LogP contribution in [-0.4, -0.2) is 43.2 Å². The van der Waals surface area contributed by atoms with Gasteiger partial charge in [0.05, 0.1) is 12.7 Å². The highest BCUT2D eigenvalue weighted by atomic mass is 16.5. The molecule has 0 spiro atoms. The van der Waals surface area contributed by atoms with Crippen molar-refractivity contribution in [3.63, 3.8) is 0 Å². The monoisotopic (exact) mass is 262 g/mol. The lowest BCUT2D eigenvalue weighted by molar-refractivity contribution is -0.0236. The second kappa shape index (κ2) is 6.17. The Morgan fingerprint density at radius 3 is 2.89 bits per heavy atom. The third kappa shape index (κ3) is 3.33. The largest absolute Gasteiger partial charge is 0.374 e. The van der Waals surface area contributed by atoms with E-state index in [1.165, 1.54) is 5.56 Å². The molecule has 1 aromatic rings. The van der Waals surface area contributed by atoms with Crippen molar-refractivity contribution in [2.24, 2.45) is 5.73 Å². The van der Waals surface area contributed by atoms with Gasteiger partial charge in [-0.1, -0.05) is 6.07 Å². The van der Waals surface area contributed by atoms with Gasteiger partial charge < -0.3 is 15.4 Å². The van der Waals surface area contributed by atoms with E-state index >= 15 is 0 Å². The Labute approximate surface area is 114 Å². The molecule has 4 heteroatoms. The summed E-state index contributed by atoms with van der Waals surface area (Å²) in [6, 6.07) is 5.86. The minimum absolute atomic E-state index is 0.0780. The molecule has 19 heavy (non-hydrogen) atoms. The number of benzene rings is 1. The number of hydrogen-bond donors (Lipinski definition) is 1. The van der Waals surface area contributed by atoms with Crippen LogP contribution in [0.4, 0.5) is 0 Å². The highest BCUT2D eigenvalue weighted by Gasteiger charge is 2.24. The lowest BCUT2D eigenvalue weighted by atomic mass is 10.0. The molecule has 1 heterocycles. The third-order valence-corrected chi connectivity index (χ3v) is 3.67. The summed E-state index contributed by atoms with van der Waals surface area (Å²) >= 11 is 0. The summed E-state index contributed by atoms with van der Waals surface area (Å²) in [6.07, 6.45) is 0.880. The minimum atomic E-state index is 0.0780. The third-order valence-electron chi connectivity index (χ3n) is 3.67. The summed E-state index contributed by atoms with van der Waals surface area (Å²) in [5, 5.41) is 0. The van der Waals surface area contributed by atoms with Crippen LogP contribution in [0, 0.1) is 13.8 Å².